The van der Waals surface area contributed by atoms with E-state index >= 15 is 0 Å². The van der Waals surface area contributed by atoms with E-state index < -0.39 is 0 Å². The van der Waals surface area contributed by atoms with Crippen molar-refractivity contribution in [2.75, 3.05) is 6.26 Å². The van der Waals surface area contributed by atoms with Crippen LogP contribution in [0.15, 0.2) is 47.4 Å². The Labute approximate surface area is 113 Å². The Morgan fingerprint density at radius 3 is 2.28 bits per heavy atom. The van der Waals surface area contributed by atoms with Crippen LogP contribution in [0.1, 0.15) is 28.3 Å². The first-order valence-electron chi connectivity index (χ1n) is 6.09. The first kappa shape index (κ1) is 13.2. The second-order valence-corrected chi connectivity index (χ2v) is 5.42. The molecule has 1 nitrogen and oxygen atoms in total. The summed E-state index contributed by atoms with van der Waals surface area (Å²) < 4.78 is 0. The zero-order valence-corrected chi connectivity index (χ0v) is 11.9. The van der Waals surface area contributed by atoms with Gasteiger partial charge in [0.1, 0.15) is 0 Å². The molecule has 1 unspecified atom stereocenters. The molecule has 18 heavy (non-hydrogen) atoms. The van der Waals surface area contributed by atoms with Crippen LogP contribution in [0.25, 0.3) is 0 Å². The number of aryl methyl sites for hydroxylation is 1. The van der Waals surface area contributed by atoms with Crippen LogP contribution < -0.4 is 5.73 Å². The summed E-state index contributed by atoms with van der Waals surface area (Å²) >= 11 is 1.75. The van der Waals surface area contributed by atoms with Crippen LogP contribution in [0, 0.1) is 13.8 Å². The molecule has 0 fully saturated rings. The van der Waals surface area contributed by atoms with Crippen LogP contribution in [-0.2, 0) is 0 Å². The van der Waals surface area contributed by atoms with Gasteiger partial charge in [-0.05, 0) is 54.5 Å². The third-order valence-corrected chi connectivity index (χ3v) is 4.20. The summed E-state index contributed by atoms with van der Waals surface area (Å²) in [7, 11) is 0. The van der Waals surface area contributed by atoms with Crippen molar-refractivity contribution in [3.63, 3.8) is 0 Å². The molecule has 0 aliphatic rings. The molecule has 0 aromatic heterocycles. The molecule has 0 radical (unpaired) electrons. The maximum absolute atomic E-state index is 6.37. The van der Waals surface area contributed by atoms with Gasteiger partial charge in [-0.25, -0.2) is 0 Å². The summed E-state index contributed by atoms with van der Waals surface area (Å²) in [5.74, 6) is 0. The molecule has 2 aromatic rings. The molecule has 0 aliphatic carbocycles. The summed E-state index contributed by atoms with van der Waals surface area (Å²) in [5.41, 5.74) is 11.3. The van der Waals surface area contributed by atoms with Crippen LogP contribution in [0.3, 0.4) is 0 Å². The quantitative estimate of drug-likeness (QED) is 0.839. The van der Waals surface area contributed by atoms with Crippen molar-refractivity contribution >= 4 is 11.8 Å². The van der Waals surface area contributed by atoms with E-state index in [1.54, 1.807) is 11.8 Å². The minimum absolute atomic E-state index is 0.0409. The Bertz CT molecular complexity index is 531. The molecule has 0 amide bonds. The van der Waals surface area contributed by atoms with Gasteiger partial charge < -0.3 is 5.73 Å². The minimum atomic E-state index is -0.0409. The Kier molecular flexibility index (Phi) is 4.10. The number of hydrogen-bond donors (Lipinski definition) is 1. The fourth-order valence-electron chi connectivity index (χ4n) is 2.10. The van der Waals surface area contributed by atoms with E-state index in [1.165, 1.54) is 27.1 Å². The zero-order chi connectivity index (χ0) is 13.1. The van der Waals surface area contributed by atoms with Gasteiger partial charge in [0.15, 0.2) is 0 Å². The topological polar surface area (TPSA) is 26.0 Å². The van der Waals surface area contributed by atoms with E-state index in [1.807, 2.05) is 0 Å². The second-order valence-electron chi connectivity index (χ2n) is 4.54. The Balaban J connectivity index is 2.35. The Morgan fingerprint density at radius 2 is 1.67 bits per heavy atom. The molecule has 1 atom stereocenters. The monoisotopic (exact) mass is 257 g/mol. The highest BCUT2D eigenvalue weighted by Crippen LogP contribution is 2.26. The molecule has 0 saturated heterocycles. The number of nitrogens with two attached hydrogens (primary N) is 1. The lowest BCUT2D eigenvalue weighted by Gasteiger charge is -2.17. The first-order chi connectivity index (χ1) is 8.63. The average molecular weight is 257 g/mol. The molecule has 2 heteroatoms. The molecule has 0 aliphatic heterocycles. The van der Waals surface area contributed by atoms with Gasteiger partial charge in [-0.1, -0.05) is 30.3 Å². The molecule has 0 spiro atoms. The lowest BCUT2D eigenvalue weighted by molar-refractivity contribution is 0.857. The summed E-state index contributed by atoms with van der Waals surface area (Å²) in [6.45, 7) is 4.27. The van der Waals surface area contributed by atoms with Gasteiger partial charge in [0, 0.05) is 4.90 Å². The van der Waals surface area contributed by atoms with Crippen molar-refractivity contribution in [1.82, 2.24) is 0 Å². The van der Waals surface area contributed by atoms with Gasteiger partial charge in [-0.2, -0.15) is 0 Å². The molecule has 2 N–H and O–H groups in total. The van der Waals surface area contributed by atoms with E-state index in [0.717, 1.165) is 0 Å². The number of thioether (sulfide) groups is 1. The third-order valence-electron chi connectivity index (χ3n) is 3.46. The smallest absolute Gasteiger partial charge is 0.0554 e. The lowest BCUT2D eigenvalue weighted by Crippen LogP contribution is -2.13. The van der Waals surface area contributed by atoms with Gasteiger partial charge in [0.25, 0.3) is 0 Å². The lowest BCUT2D eigenvalue weighted by atomic mass is 9.93. The van der Waals surface area contributed by atoms with E-state index in [2.05, 4.69) is 62.6 Å². The molecule has 2 rings (SSSR count). The predicted molar refractivity (Wildman–Crippen MR) is 80.2 cm³/mol. The van der Waals surface area contributed by atoms with Crippen LogP contribution in [0.5, 0.6) is 0 Å². The van der Waals surface area contributed by atoms with Crippen LogP contribution in [0.2, 0.25) is 0 Å². The van der Waals surface area contributed by atoms with Gasteiger partial charge >= 0.3 is 0 Å². The van der Waals surface area contributed by atoms with Crippen molar-refractivity contribution in [3.8, 4) is 0 Å². The van der Waals surface area contributed by atoms with Crippen LogP contribution in [-0.4, -0.2) is 6.26 Å². The van der Waals surface area contributed by atoms with Crippen molar-refractivity contribution in [1.29, 1.82) is 0 Å². The highest BCUT2D eigenvalue weighted by molar-refractivity contribution is 7.98. The van der Waals surface area contributed by atoms with E-state index in [-0.39, 0.29) is 6.04 Å². The van der Waals surface area contributed by atoms with Gasteiger partial charge in [-0.15, -0.1) is 11.8 Å². The fourth-order valence-corrected chi connectivity index (χ4v) is 2.51. The number of rotatable bonds is 3. The Hall–Kier alpha value is -1.25. The van der Waals surface area contributed by atoms with Gasteiger partial charge in [0.05, 0.1) is 6.04 Å². The molecule has 0 bridgehead atoms. The minimum Gasteiger partial charge on any atom is -0.320 e. The molecule has 0 saturated carbocycles. The fraction of sp³-hybridized carbons (Fsp3) is 0.250. The first-order valence-corrected chi connectivity index (χ1v) is 7.31. The maximum Gasteiger partial charge on any atom is 0.0554 e. The predicted octanol–water partition coefficient (Wildman–Crippen LogP) is 4.07. The SMILES string of the molecule is CSc1ccc(C(N)c2cccc(C)c2C)cc1. The normalized spacial score (nSPS) is 12.4. The molecule has 2 aromatic carbocycles. The molecular formula is C16H19NS. The number of hydrogen-bond acceptors (Lipinski definition) is 2. The Morgan fingerprint density at radius 1 is 1.00 bits per heavy atom. The standard InChI is InChI=1S/C16H19NS/c1-11-5-4-6-15(12(11)2)16(17)13-7-9-14(18-3)10-8-13/h4-10,16H,17H2,1-3H3. The summed E-state index contributed by atoms with van der Waals surface area (Å²) in [6.07, 6.45) is 2.08. The van der Waals surface area contributed by atoms with Crippen LogP contribution >= 0.6 is 11.8 Å². The molecule has 94 valence electrons. The highest BCUT2D eigenvalue weighted by Gasteiger charge is 2.12. The second kappa shape index (κ2) is 5.59. The van der Waals surface area contributed by atoms with Crippen molar-refractivity contribution in [2.24, 2.45) is 5.73 Å². The zero-order valence-electron chi connectivity index (χ0n) is 11.1. The average Bonchev–Trinajstić information content (AvgIpc) is 2.41. The van der Waals surface area contributed by atoms with Gasteiger partial charge in [0.2, 0.25) is 0 Å². The maximum atomic E-state index is 6.37. The molecule has 0 heterocycles. The highest BCUT2D eigenvalue weighted by atomic mass is 32.2. The van der Waals surface area contributed by atoms with E-state index in [0.29, 0.717) is 0 Å². The van der Waals surface area contributed by atoms with Crippen molar-refractivity contribution in [3.05, 3.63) is 64.7 Å². The van der Waals surface area contributed by atoms with Crippen LogP contribution in [0.4, 0.5) is 0 Å². The van der Waals surface area contributed by atoms with E-state index in [9.17, 15) is 0 Å². The van der Waals surface area contributed by atoms with Crippen molar-refractivity contribution < 1.29 is 0 Å². The largest absolute Gasteiger partial charge is 0.320 e. The third kappa shape index (κ3) is 2.60. The van der Waals surface area contributed by atoms with Crippen molar-refractivity contribution in [2.45, 2.75) is 24.8 Å². The molecular weight excluding hydrogens is 238 g/mol. The van der Waals surface area contributed by atoms with E-state index in [4.69, 9.17) is 5.73 Å². The summed E-state index contributed by atoms with van der Waals surface area (Å²) in [4.78, 5) is 1.27. The van der Waals surface area contributed by atoms with Gasteiger partial charge in [-0.3, -0.25) is 0 Å². The summed E-state index contributed by atoms with van der Waals surface area (Å²) in [5, 5.41) is 0. The number of benzene rings is 2. The summed E-state index contributed by atoms with van der Waals surface area (Å²) in [6, 6.07) is 14.8.